The van der Waals surface area contributed by atoms with Crippen molar-refractivity contribution >= 4 is 28.8 Å². The molecular weight excluding hydrogens is 487 g/mol. The summed E-state index contributed by atoms with van der Waals surface area (Å²) < 4.78 is 17.7. The standard InChI is InChI=1S/C26H46BrO4P/c1-3-5-6-7-8-9-10-11-12-13-14-15-16-17-18-19-20-23-21-24(22-25(27)26(23)28)32(29,30)31-4-2/h21-22,28H,3-20H2,1-2H3,(H,29,30). The van der Waals surface area contributed by atoms with E-state index in [1.807, 2.05) is 0 Å². The summed E-state index contributed by atoms with van der Waals surface area (Å²) in [6.07, 6.45) is 21.9. The molecule has 0 saturated carbocycles. The molecule has 6 heteroatoms. The van der Waals surface area contributed by atoms with Gasteiger partial charge in [0.15, 0.2) is 0 Å². The van der Waals surface area contributed by atoms with E-state index in [9.17, 15) is 14.6 Å². The van der Waals surface area contributed by atoms with E-state index in [-0.39, 0.29) is 17.7 Å². The van der Waals surface area contributed by atoms with Gasteiger partial charge in [-0.3, -0.25) is 4.57 Å². The highest BCUT2D eigenvalue weighted by Crippen LogP contribution is 2.43. The summed E-state index contributed by atoms with van der Waals surface area (Å²) in [6.45, 7) is 4.13. The summed E-state index contributed by atoms with van der Waals surface area (Å²) in [5.41, 5.74) is 0.703. The third-order valence-corrected chi connectivity index (χ3v) is 8.18. The first-order valence-electron chi connectivity index (χ1n) is 12.9. The molecular formula is C26H46BrO4P. The molecule has 0 amide bonds. The fourth-order valence-corrected chi connectivity index (χ4v) is 5.90. The zero-order chi connectivity index (χ0) is 23.7. The highest BCUT2D eigenvalue weighted by Gasteiger charge is 2.24. The maximum Gasteiger partial charge on any atom is 0.358 e. The Labute approximate surface area is 205 Å². The van der Waals surface area contributed by atoms with E-state index in [1.165, 1.54) is 96.0 Å². The summed E-state index contributed by atoms with van der Waals surface area (Å²) in [5, 5.41) is 10.5. The quantitative estimate of drug-likeness (QED) is 0.130. The van der Waals surface area contributed by atoms with E-state index in [2.05, 4.69) is 22.9 Å². The smallest absolute Gasteiger partial charge is 0.358 e. The van der Waals surface area contributed by atoms with Crippen molar-refractivity contribution in [1.29, 1.82) is 0 Å². The number of benzene rings is 1. The van der Waals surface area contributed by atoms with Crippen LogP contribution in [0.1, 0.15) is 122 Å². The van der Waals surface area contributed by atoms with Crippen molar-refractivity contribution in [2.45, 2.75) is 123 Å². The van der Waals surface area contributed by atoms with E-state index in [1.54, 1.807) is 13.0 Å². The Morgan fingerprint density at radius 3 is 1.66 bits per heavy atom. The van der Waals surface area contributed by atoms with Crippen molar-refractivity contribution in [3.05, 3.63) is 22.2 Å². The second kappa shape index (κ2) is 18.0. The second-order valence-corrected chi connectivity index (χ2v) is 11.6. The second-order valence-electron chi connectivity index (χ2n) is 8.93. The van der Waals surface area contributed by atoms with Crippen LogP contribution >= 0.6 is 23.5 Å². The number of phenolic OH excluding ortho intramolecular Hbond substituents is 1. The third kappa shape index (κ3) is 12.8. The molecule has 0 radical (unpaired) electrons. The number of phenols is 1. The van der Waals surface area contributed by atoms with Crippen molar-refractivity contribution in [3.8, 4) is 5.75 Å². The molecule has 1 aromatic carbocycles. The molecule has 4 nitrogen and oxygen atoms in total. The van der Waals surface area contributed by atoms with Crippen LogP contribution in [-0.4, -0.2) is 16.6 Å². The highest BCUT2D eigenvalue weighted by atomic mass is 79.9. The van der Waals surface area contributed by atoms with Crippen molar-refractivity contribution in [2.75, 3.05) is 6.61 Å². The minimum absolute atomic E-state index is 0.159. The molecule has 32 heavy (non-hydrogen) atoms. The molecule has 1 aromatic rings. The van der Waals surface area contributed by atoms with Gasteiger partial charge in [0.2, 0.25) is 0 Å². The van der Waals surface area contributed by atoms with Crippen molar-refractivity contribution < 1.29 is 19.1 Å². The van der Waals surface area contributed by atoms with Gasteiger partial charge in [-0.05, 0) is 53.4 Å². The highest BCUT2D eigenvalue weighted by molar-refractivity contribution is 9.10. The van der Waals surface area contributed by atoms with Gasteiger partial charge in [-0.1, -0.05) is 103 Å². The molecule has 0 aromatic heterocycles. The molecule has 1 unspecified atom stereocenters. The topological polar surface area (TPSA) is 66.8 Å². The molecule has 0 aliphatic rings. The Bertz CT molecular complexity index is 665. The molecule has 0 heterocycles. The van der Waals surface area contributed by atoms with Crippen LogP contribution in [-0.2, 0) is 15.5 Å². The lowest BCUT2D eigenvalue weighted by Gasteiger charge is -2.14. The minimum atomic E-state index is -3.84. The van der Waals surface area contributed by atoms with Crippen LogP contribution in [0.3, 0.4) is 0 Å². The van der Waals surface area contributed by atoms with Crippen LogP contribution in [0.2, 0.25) is 0 Å². The molecule has 0 aliphatic heterocycles. The number of hydrogen-bond donors (Lipinski definition) is 2. The van der Waals surface area contributed by atoms with Gasteiger partial charge in [0.05, 0.1) is 16.4 Å². The van der Waals surface area contributed by atoms with Crippen LogP contribution in [0.5, 0.6) is 5.75 Å². The first-order chi connectivity index (χ1) is 15.4. The van der Waals surface area contributed by atoms with Crippen LogP contribution < -0.4 is 5.30 Å². The molecule has 1 atom stereocenters. The average molecular weight is 534 g/mol. The van der Waals surface area contributed by atoms with Crippen molar-refractivity contribution in [2.24, 2.45) is 0 Å². The molecule has 0 bridgehead atoms. The Balaban J connectivity index is 2.10. The lowest BCUT2D eigenvalue weighted by atomic mass is 10.0. The predicted molar refractivity (Wildman–Crippen MR) is 140 cm³/mol. The number of aryl methyl sites for hydroxylation is 1. The molecule has 0 fully saturated rings. The number of unbranched alkanes of at least 4 members (excludes halogenated alkanes) is 15. The van der Waals surface area contributed by atoms with Gasteiger partial charge in [-0.25, -0.2) is 0 Å². The monoisotopic (exact) mass is 532 g/mol. The van der Waals surface area contributed by atoms with Gasteiger partial charge in [0.25, 0.3) is 0 Å². The summed E-state index contributed by atoms with van der Waals surface area (Å²) >= 11 is 3.29. The van der Waals surface area contributed by atoms with Gasteiger partial charge >= 0.3 is 7.60 Å². The Hall–Kier alpha value is -0.350. The molecule has 2 N–H and O–H groups in total. The number of rotatable bonds is 20. The van der Waals surface area contributed by atoms with Crippen LogP contribution in [0, 0.1) is 0 Å². The fraction of sp³-hybridized carbons (Fsp3) is 0.769. The Morgan fingerprint density at radius 1 is 0.781 bits per heavy atom. The van der Waals surface area contributed by atoms with Crippen LogP contribution in [0.15, 0.2) is 16.6 Å². The summed E-state index contributed by atoms with van der Waals surface area (Å²) in [5.74, 6) is 0.159. The molecule has 0 spiro atoms. The maximum absolute atomic E-state index is 12.3. The largest absolute Gasteiger partial charge is 0.506 e. The number of hydrogen-bond acceptors (Lipinski definition) is 3. The van der Waals surface area contributed by atoms with E-state index < -0.39 is 7.60 Å². The summed E-state index contributed by atoms with van der Waals surface area (Å²) in [6, 6.07) is 3.09. The van der Waals surface area contributed by atoms with Gasteiger partial charge in [0.1, 0.15) is 5.75 Å². The number of halogens is 1. The number of aromatic hydroxyl groups is 1. The first kappa shape index (κ1) is 29.7. The zero-order valence-electron chi connectivity index (χ0n) is 20.4. The summed E-state index contributed by atoms with van der Waals surface area (Å²) in [7, 11) is -3.84. The third-order valence-electron chi connectivity index (χ3n) is 6.06. The predicted octanol–water partition coefficient (Wildman–Crippen LogP) is 8.81. The zero-order valence-corrected chi connectivity index (χ0v) is 22.9. The van der Waals surface area contributed by atoms with E-state index >= 15 is 0 Å². The maximum atomic E-state index is 12.3. The summed E-state index contributed by atoms with van der Waals surface area (Å²) in [4.78, 5) is 10.1. The molecule has 186 valence electrons. The van der Waals surface area contributed by atoms with E-state index in [0.717, 1.165) is 12.8 Å². The first-order valence-corrected chi connectivity index (χ1v) is 15.3. The van der Waals surface area contributed by atoms with E-state index in [4.69, 9.17) is 4.52 Å². The van der Waals surface area contributed by atoms with Gasteiger partial charge in [0, 0.05) is 0 Å². The van der Waals surface area contributed by atoms with Gasteiger partial charge < -0.3 is 14.5 Å². The minimum Gasteiger partial charge on any atom is -0.506 e. The lowest BCUT2D eigenvalue weighted by Crippen LogP contribution is -2.09. The van der Waals surface area contributed by atoms with Crippen LogP contribution in [0.4, 0.5) is 0 Å². The average Bonchev–Trinajstić information content (AvgIpc) is 2.76. The molecule has 0 aliphatic carbocycles. The lowest BCUT2D eigenvalue weighted by molar-refractivity contribution is 0.284. The van der Waals surface area contributed by atoms with Crippen molar-refractivity contribution in [3.63, 3.8) is 0 Å². The fourth-order valence-electron chi connectivity index (χ4n) is 4.11. The van der Waals surface area contributed by atoms with Crippen LogP contribution in [0.25, 0.3) is 0 Å². The SMILES string of the molecule is CCCCCCCCCCCCCCCCCCc1cc(P(=O)(O)OCC)cc(Br)c1O. The van der Waals surface area contributed by atoms with Gasteiger partial charge in [-0.15, -0.1) is 0 Å². The molecule has 1 rings (SSSR count). The van der Waals surface area contributed by atoms with Gasteiger partial charge in [-0.2, -0.15) is 0 Å². The van der Waals surface area contributed by atoms with Crippen molar-refractivity contribution in [1.82, 2.24) is 0 Å². The van der Waals surface area contributed by atoms with E-state index in [0.29, 0.717) is 16.5 Å². The normalized spacial score (nSPS) is 13.4. The molecule has 0 saturated heterocycles. The Morgan fingerprint density at radius 2 is 1.22 bits per heavy atom. The Kier molecular flexibility index (Phi) is 16.7.